The quantitative estimate of drug-likeness (QED) is 0.127. The van der Waals surface area contributed by atoms with Gasteiger partial charge in [0.15, 0.2) is 0 Å². The van der Waals surface area contributed by atoms with Crippen LogP contribution in [-0.2, 0) is 6.54 Å². The van der Waals surface area contributed by atoms with Crippen LogP contribution in [0.2, 0.25) is 0 Å². The molecule has 8 heteroatoms. The third kappa shape index (κ3) is 8.69. The zero-order valence-electron chi connectivity index (χ0n) is 29.1. The number of amides is 2. The summed E-state index contributed by atoms with van der Waals surface area (Å²) in [4.78, 5) is 35.1. The number of rotatable bonds is 15. The van der Waals surface area contributed by atoms with Gasteiger partial charge in [-0.1, -0.05) is 97.4 Å². The van der Waals surface area contributed by atoms with Gasteiger partial charge in [-0.15, -0.1) is 0 Å². The van der Waals surface area contributed by atoms with Gasteiger partial charge in [0.05, 0.1) is 0 Å². The minimum atomic E-state index is -0.464. The average molecular weight is 638 g/mol. The maximum atomic E-state index is 14.3. The van der Waals surface area contributed by atoms with Crippen molar-refractivity contribution in [3.63, 3.8) is 0 Å². The number of likely N-dealkylation sites (N-methyl/N-ethyl adjacent to an activating group) is 1. The lowest BCUT2D eigenvalue weighted by molar-refractivity contribution is 0.262. The maximum Gasteiger partial charge on any atom is 0.323 e. The van der Waals surface area contributed by atoms with Crippen LogP contribution in [0.4, 0.5) is 16.2 Å². The van der Waals surface area contributed by atoms with E-state index in [9.17, 15) is 9.59 Å². The molecule has 0 aliphatic rings. The maximum absolute atomic E-state index is 14.3. The van der Waals surface area contributed by atoms with E-state index in [0.717, 1.165) is 60.2 Å². The van der Waals surface area contributed by atoms with Crippen molar-refractivity contribution in [3.8, 4) is 16.9 Å². The fraction of sp³-hybridized carbons (Fsp3) is 0.410. The highest BCUT2D eigenvalue weighted by Gasteiger charge is 2.23. The van der Waals surface area contributed by atoms with Crippen LogP contribution in [0.5, 0.6) is 5.75 Å². The van der Waals surface area contributed by atoms with E-state index in [1.54, 1.807) is 10.8 Å². The summed E-state index contributed by atoms with van der Waals surface area (Å²) in [5, 5.41) is 6.90. The second-order valence-corrected chi connectivity index (χ2v) is 12.4. The number of ether oxygens (including phenoxy) is 1. The van der Waals surface area contributed by atoms with Gasteiger partial charge < -0.3 is 20.3 Å². The number of hydrogen-bond donors (Lipinski definition) is 2. The molecule has 2 heterocycles. The summed E-state index contributed by atoms with van der Waals surface area (Å²) < 4.78 is 7.78. The largest absolute Gasteiger partial charge is 0.490 e. The number of benzene rings is 2. The van der Waals surface area contributed by atoms with Crippen LogP contribution < -0.4 is 20.9 Å². The molecule has 2 N–H and O–H groups in total. The number of hydrogen-bond acceptors (Lipinski definition) is 5. The van der Waals surface area contributed by atoms with Crippen LogP contribution in [0, 0.1) is 0 Å². The SMILES string of the molecule is CCCCn1c(=O)c(NC(=O)Nc2c(C(C)C)cccc2C(C)C)c(-c2cccc(OCC=CCN(CC)CC)c2)c2cccnc21. The highest BCUT2D eigenvalue weighted by atomic mass is 16.5. The molecule has 47 heavy (non-hydrogen) atoms. The lowest BCUT2D eigenvalue weighted by Gasteiger charge is -2.22. The Labute approximate surface area is 279 Å². The van der Waals surface area contributed by atoms with E-state index in [0.29, 0.717) is 30.1 Å². The van der Waals surface area contributed by atoms with E-state index in [2.05, 4.69) is 75.1 Å². The number of para-hydroxylation sites is 1. The number of carbonyl (C=O) groups excluding carboxylic acids is 1. The van der Waals surface area contributed by atoms with Crippen molar-refractivity contribution in [1.82, 2.24) is 14.5 Å². The molecular formula is C39H51N5O3. The highest BCUT2D eigenvalue weighted by Crippen LogP contribution is 2.36. The first kappa shape index (κ1) is 35.4. The molecule has 250 valence electrons. The number of anilines is 2. The van der Waals surface area contributed by atoms with E-state index in [4.69, 9.17) is 4.74 Å². The first-order valence-electron chi connectivity index (χ1n) is 17.0. The van der Waals surface area contributed by atoms with Gasteiger partial charge in [-0.25, -0.2) is 9.78 Å². The number of unbranched alkanes of at least 4 members (excludes halogenated alkanes) is 1. The van der Waals surface area contributed by atoms with Crippen molar-refractivity contribution in [2.45, 2.75) is 79.7 Å². The number of aryl methyl sites for hydroxylation is 1. The van der Waals surface area contributed by atoms with Crippen LogP contribution in [0.15, 0.2) is 77.7 Å². The van der Waals surface area contributed by atoms with Crippen molar-refractivity contribution in [2.75, 3.05) is 36.9 Å². The first-order valence-corrected chi connectivity index (χ1v) is 17.0. The second-order valence-electron chi connectivity index (χ2n) is 12.4. The molecule has 2 amide bonds. The van der Waals surface area contributed by atoms with Gasteiger partial charge >= 0.3 is 6.03 Å². The van der Waals surface area contributed by atoms with E-state index >= 15 is 0 Å². The van der Waals surface area contributed by atoms with Gasteiger partial charge in [0.2, 0.25) is 0 Å². The van der Waals surface area contributed by atoms with Crippen molar-refractivity contribution in [1.29, 1.82) is 0 Å². The van der Waals surface area contributed by atoms with Crippen molar-refractivity contribution in [3.05, 3.63) is 94.4 Å². The zero-order chi connectivity index (χ0) is 33.9. The number of fused-ring (bicyclic) bond motifs is 1. The summed E-state index contributed by atoms with van der Waals surface area (Å²) in [6.07, 6.45) is 7.57. The van der Waals surface area contributed by atoms with E-state index in [1.807, 2.05) is 60.7 Å². The molecule has 4 rings (SSSR count). The number of carbonyl (C=O) groups is 1. The van der Waals surface area contributed by atoms with E-state index in [1.165, 1.54) is 0 Å². The standard InChI is InChI=1S/C39H51N5O3/c1-8-11-24-44-37-33(21-16-22-40-37)34(29-17-14-18-30(26-29)47-25-13-12-23-43(9-2)10-3)36(38(44)45)42-39(46)41-35-31(27(4)5)19-15-20-32(35)28(6)7/h12-22,26-28H,8-11,23-25H2,1-7H3,(H2,41,42,46). The normalized spacial score (nSPS) is 11.7. The number of nitrogens with one attached hydrogen (secondary N) is 2. The van der Waals surface area contributed by atoms with Gasteiger partial charge in [-0.2, -0.15) is 0 Å². The van der Waals surface area contributed by atoms with Crippen molar-refractivity contribution < 1.29 is 9.53 Å². The molecule has 0 radical (unpaired) electrons. The summed E-state index contributed by atoms with van der Waals surface area (Å²) in [6.45, 7) is 18.6. The molecule has 0 atom stereocenters. The van der Waals surface area contributed by atoms with Crippen LogP contribution in [-0.4, -0.2) is 46.7 Å². The smallest absolute Gasteiger partial charge is 0.323 e. The lowest BCUT2D eigenvalue weighted by Crippen LogP contribution is -2.30. The molecule has 4 aromatic rings. The number of pyridine rings is 2. The zero-order valence-corrected chi connectivity index (χ0v) is 29.1. The molecule has 0 unspecified atom stereocenters. The second kappa shape index (κ2) is 16.9. The van der Waals surface area contributed by atoms with Gasteiger partial charge in [0, 0.05) is 35.9 Å². The lowest BCUT2D eigenvalue weighted by atomic mass is 9.93. The first-order chi connectivity index (χ1) is 22.7. The average Bonchev–Trinajstić information content (AvgIpc) is 3.06. The molecule has 0 saturated carbocycles. The summed E-state index contributed by atoms with van der Waals surface area (Å²) in [6, 6.07) is 17.1. The van der Waals surface area contributed by atoms with E-state index in [-0.39, 0.29) is 23.1 Å². The Morgan fingerprint density at radius 2 is 1.60 bits per heavy atom. The Morgan fingerprint density at radius 3 is 2.26 bits per heavy atom. The van der Waals surface area contributed by atoms with Crippen LogP contribution >= 0.6 is 0 Å². The molecule has 0 spiro atoms. The molecule has 0 aliphatic carbocycles. The fourth-order valence-corrected chi connectivity index (χ4v) is 5.83. The predicted molar refractivity (Wildman–Crippen MR) is 196 cm³/mol. The molecule has 2 aromatic heterocycles. The number of nitrogens with zero attached hydrogens (tertiary/aromatic N) is 3. The summed E-state index contributed by atoms with van der Waals surface area (Å²) in [7, 11) is 0. The number of aromatic nitrogens is 2. The Hall–Kier alpha value is -4.43. The Morgan fingerprint density at radius 1 is 0.915 bits per heavy atom. The molecule has 0 saturated heterocycles. The Bertz CT molecular complexity index is 1710. The Kier molecular flexibility index (Phi) is 12.8. The van der Waals surface area contributed by atoms with Crippen LogP contribution in [0.25, 0.3) is 22.2 Å². The molecular weight excluding hydrogens is 586 g/mol. The fourth-order valence-electron chi connectivity index (χ4n) is 5.83. The molecule has 0 bridgehead atoms. The third-order valence-corrected chi connectivity index (χ3v) is 8.50. The molecule has 8 nitrogen and oxygen atoms in total. The summed E-state index contributed by atoms with van der Waals surface area (Å²) in [5.41, 5.74) is 4.76. The van der Waals surface area contributed by atoms with Gasteiger partial charge in [0.1, 0.15) is 23.7 Å². The van der Waals surface area contributed by atoms with Gasteiger partial charge in [-0.05, 0) is 72.3 Å². The minimum absolute atomic E-state index is 0.201. The van der Waals surface area contributed by atoms with Crippen LogP contribution in [0.1, 0.15) is 84.3 Å². The van der Waals surface area contributed by atoms with Crippen molar-refractivity contribution in [2.24, 2.45) is 0 Å². The summed E-state index contributed by atoms with van der Waals surface area (Å²) >= 11 is 0. The minimum Gasteiger partial charge on any atom is -0.490 e. The van der Waals surface area contributed by atoms with Crippen LogP contribution in [0.3, 0.4) is 0 Å². The predicted octanol–water partition coefficient (Wildman–Crippen LogP) is 9.03. The highest BCUT2D eigenvalue weighted by molar-refractivity contribution is 6.07. The number of urea groups is 1. The monoisotopic (exact) mass is 637 g/mol. The van der Waals surface area contributed by atoms with E-state index < -0.39 is 6.03 Å². The third-order valence-electron chi connectivity index (χ3n) is 8.50. The molecule has 2 aromatic carbocycles. The van der Waals surface area contributed by atoms with Crippen molar-refractivity contribution >= 4 is 28.4 Å². The van der Waals surface area contributed by atoms with Gasteiger partial charge in [-0.3, -0.25) is 9.36 Å². The molecule has 0 fully saturated rings. The topological polar surface area (TPSA) is 88.5 Å². The molecule has 0 aliphatic heterocycles. The Balaban J connectivity index is 1.77. The summed E-state index contributed by atoms with van der Waals surface area (Å²) in [5.74, 6) is 1.07. The van der Waals surface area contributed by atoms with Gasteiger partial charge in [0.25, 0.3) is 5.56 Å².